The lowest BCUT2D eigenvalue weighted by molar-refractivity contribution is -0.121. The smallest absolute Gasteiger partial charge is 0.267 e. The Morgan fingerprint density at radius 3 is 2.69 bits per heavy atom. The van der Waals surface area contributed by atoms with Gasteiger partial charge in [0, 0.05) is 25.0 Å². The Kier molecular flexibility index (Phi) is 5.43. The maximum Gasteiger partial charge on any atom is 0.267 e. The monoisotopic (exact) mass is 353 g/mol. The Labute approximate surface area is 150 Å². The van der Waals surface area contributed by atoms with E-state index >= 15 is 0 Å². The van der Waals surface area contributed by atoms with E-state index in [2.05, 4.69) is 15.5 Å². The second-order valence-electron chi connectivity index (χ2n) is 5.59. The maximum atomic E-state index is 12.1. The molecule has 1 amide bonds. The topological polar surface area (TPSA) is 91.0 Å². The number of benzene rings is 1. The zero-order valence-corrected chi connectivity index (χ0v) is 14.3. The Bertz CT molecular complexity index is 917. The minimum absolute atomic E-state index is 0.142. The van der Waals surface area contributed by atoms with Crippen molar-refractivity contribution in [2.24, 2.45) is 0 Å². The van der Waals surface area contributed by atoms with E-state index in [9.17, 15) is 9.59 Å². The van der Waals surface area contributed by atoms with Crippen molar-refractivity contribution in [3.05, 3.63) is 70.8 Å². The van der Waals surface area contributed by atoms with Crippen LogP contribution < -0.4 is 15.6 Å². The van der Waals surface area contributed by atoms with E-state index in [1.54, 1.807) is 31.6 Å². The van der Waals surface area contributed by atoms with Crippen LogP contribution in [0.25, 0.3) is 5.82 Å². The molecule has 1 N–H and O–H groups in total. The molecular weight excluding hydrogens is 334 g/mol. The maximum absolute atomic E-state index is 12.1. The van der Waals surface area contributed by atoms with Crippen molar-refractivity contribution in [1.29, 1.82) is 0 Å². The fraction of sp³-hybridized carbons (Fsp3) is 0.222. The Morgan fingerprint density at radius 2 is 2.00 bits per heavy atom. The molecule has 0 unspecified atom stereocenters. The summed E-state index contributed by atoms with van der Waals surface area (Å²) in [6.07, 6.45) is 4.01. The number of ether oxygens (including phenoxy) is 1. The molecule has 1 aromatic carbocycles. The largest absolute Gasteiger partial charge is 0.497 e. The summed E-state index contributed by atoms with van der Waals surface area (Å²) < 4.78 is 7.76. The molecule has 0 aliphatic carbocycles. The number of rotatable bonds is 7. The number of carbonyl (C=O) groups is 1. The van der Waals surface area contributed by atoms with E-state index in [0.717, 1.165) is 16.0 Å². The Hall–Kier alpha value is -3.42. The van der Waals surface area contributed by atoms with Gasteiger partial charge in [0.2, 0.25) is 5.91 Å². The van der Waals surface area contributed by atoms with Crippen LogP contribution in [0.5, 0.6) is 5.75 Å². The molecule has 8 heteroatoms. The van der Waals surface area contributed by atoms with Crippen LogP contribution in [0, 0.1) is 0 Å². The first-order valence-electron chi connectivity index (χ1n) is 8.13. The van der Waals surface area contributed by atoms with Gasteiger partial charge in [-0.1, -0.05) is 12.1 Å². The summed E-state index contributed by atoms with van der Waals surface area (Å²) in [5, 5.41) is 11.0. The summed E-state index contributed by atoms with van der Waals surface area (Å²) in [7, 11) is 1.62. The van der Waals surface area contributed by atoms with Gasteiger partial charge in [0.05, 0.1) is 7.11 Å². The van der Waals surface area contributed by atoms with Crippen LogP contribution in [0.2, 0.25) is 0 Å². The highest BCUT2D eigenvalue weighted by molar-refractivity contribution is 5.75. The van der Waals surface area contributed by atoms with Gasteiger partial charge in [-0.2, -0.15) is 5.10 Å². The number of methoxy groups -OCH3 is 1. The second kappa shape index (κ2) is 8.11. The van der Waals surface area contributed by atoms with Crippen LogP contribution in [0.15, 0.2) is 59.7 Å². The van der Waals surface area contributed by atoms with E-state index in [1.807, 2.05) is 24.3 Å². The van der Waals surface area contributed by atoms with Gasteiger partial charge in [0.1, 0.15) is 12.3 Å². The van der Waals surface area contributed by atoms with Crippen LogP contribution in [0.1, 0.15) is 5.56 Å². The van der Waals surface area contributed by atoms with Gasteiger partial charge in [0.25, 0.3) is 5.56 Å². The van der Waals surface area contributed by atoms with Crippen molar-refractivity contribution in [2.45, 2.75) is 13.0 Å². The number of hydrogen-bond acceptors (Lipinski definition) is 5. The molecule has 8 nitrogen and oxygen atoms in total. The molecule has 0 radical (unpaired) electrons. The summed E-state index contributed by atoms with van der Waals surface area (Å²) in [6.45, 7) is 0.329. The van der Waals surface area contributed by atoms with Crippen LogP contribution in [0.4, 0.5) is 0 Å². The van der Waals surface area contributed by atoms with E-state index in [0.29, 0.717) is 18.8 Å². The number of hydrogen-bond donors (Lipinski definition) is 1. The fourth-order valence-corrected chi connectivity index (χ4v) is 2.41. The highest BCUT2D eigenvalue weighted by Gasteiger charge is 2.08. The fourth-order valence-electron chi connectivity index (χ4n) is 2.41. The average molecular weight is 353 g/mol. The van der Waals surface area contributed by atoms with Gasteiger partial charge in [0.15, 0.2) is 5.82 Å². The first-order valence-corrected chi connectivity index (χ1v) is 8.13. The zero-order chi connectivity index (χ0) is 18.4. The van der Waals surface area contributed by atoms with Crippen LogP contribution >= 0.6 is 0 Å². The zero-order valence-electron chi connectivity index (χ0n) is 14.3. The lowest BCUT2D eigenvalue weighted by Crippen LogP contribution is -2.34. The summed E-state index contributed by atoms with van der Waals surface area (Å²) in [5.41, 5.74) is 0.744. The molecule has 0 aliphatic heterocycles. The van der Waals surface area contributed by atoms with E-state index < -0.39 is 0 Å². The normalized spacial score (nSPS) is 10.5. The predicted molar refractivity (Wildman–Crippen MR) is 95.3 cm³/mol. The molecule has 0 bridgehead atoms. The van der Waals surface area contributed by atoms with Crippen molar-refractivity contribution < 1.29 is 9.53 Å². The third-order valence-electron chi connectivity index (χ3n) is 3.78. The molecular formula is C18H19N5O3. The standard InChI is InChI=1S/C18H19N5O3/c1-26-15-5-3-14(4-6-15)9-11-19-17(24)13-23-18(25)8-7-16(21-23)22-12-2-10-20-22/h2-8,10,12H,9,11,13H2,1H3,(H,19,24). The van der Waals surface area contributed by atoms with Gasteiger partial charge in [-0.25, -0.2) is 9.36 Å². The van der Waals surface area contributed by atoms with Gasteiger partial charge < -0.3 is 10.1 Å². The van der Waals surface area contributed by atoms with Gasteiger partial charge >= 0.3 is 0 Å². The highest BCUT2D eigenvalue weighted by Crippen LogP contribution is 2.11. The van der Waals surface area contributed by atoms with Crippen molar-refractivity contribution >= 4 is 5.91 Å². The minimum Gasteiger partial charge on any atom is -0.497 e. The van der Waals surface area contributed by atoms with Gasteiger partial charge in [-0.15, -0.1) is 5.10 Å². The first-order chi connectivity index (χ1) is 12.7. The van der Waals surface area contributed by atoms with Crippen molar-refractivity contribution in [1.82, 2.24) is 24.9 Å². The molecule has 3 rings (SSSR count). The van der Waals surface area contributed by atoms with Crippen LogP contribution in [0.3, 0.4) is 0 Å². The molecule has 2 heterocycles. The van der Waals surface area contributed by atoms with Crippen molar-refractivity contribution in [3.63, 3.8) is 0 Å². The molecule has 3 aromatic rings. The molecule has 0 saturated heterocycles. The molecule has 26 heavy (non-hydrogen) atoms. The molecule has 0 saturated carbocycles. The number of carbonyl (C=O) groups excluding carboxylic acids is 1. The minimum atomic E-state index is -0.341. The molecule has 134 valence electrons. The molecule has 0 spiro atoms. The summed E-state index contributed by atoms with van der Waals surface area (Å²) >= 11 is 0. The van der Waals surface area contributed by atoms with E-state index in [-0.39, 0.29) is 18.0 Å². The van der Waals surface area contributed by atoms with Crippen LogP contribution in [-0.2, 0) is 17.8 Å². The Balaban J connectivity index is 1.56. The van der Waals surface area contributed by atoms with Crippen molar-refractivity contribution in [2.75, 3.05) is 13.7 Å². The second-order valence-corrected chi connectivity index (χ2v) is 5.59. The van der Waals surface area contributed by atoms with Crippen molar-refractivity contribution in [3.8, 4) is 11.6 Å². The number of nitrogens with one attached hydrogen (secondary N) is 1. The Morgan fingerprint density at radius 1 is 1.19 bits per heavy atom. The lowest BCUT2D eigenvalue weighted by Gasteiger charge is -2.08. The first kappa shape index (κ1) is 17.4. The SMILES string of the molecule is COc1ccc(CCNC(=O)Cn2nc(-n3cccn3)ccc2=O)cc1. The summed E-state index contributed by atoms with van der Waals surface area (Å²) in [6, 6.07) is 12.3. The third-order valence-corrected chi connectivity index (χ3v) is 3.78. The third kappa shape index (κ3) is 4.35. The summed E-state index contributed by atoms with van der Waals surface area (Å²) in [4.78, 5) is 24.0. The molecule has 2 aromatic heterocycles. The molecule has 0 fully saturated rings. The highest BCUT2D eigenvalue weighted by atomic mass is 16.5. The van der Waals surface area contributed by atoms with Gasteiger partial charge in [-0.05, 0) is 36.2 Å². The van der Waals surface area contributed by atoms with E-state index in [1.165, 1.54) is 10.7 Å². The average Bonchev–Trinajstić information content (AvgIpc) is 3.19. The molecule has 0 atom stereocenters. The quantitative estimate of drug-likeness (QED) is 0.678. The lowest BCUT2D eigenvalue weighted by atomic mass is 10.1. The molecule has 0 aliphatic rings. The van der Waals surface area contributed by atoms with Gasteiger partial charge in [-0.3, -0.25) is 9.59 Å². The van der Waals surface area contributed by atoms with Crippen LogP contribution in [-0.4, -0.2) is 39.1 Å². The predicted octanol–water partition coefficient (Wildman–Crippen LogP) is 0.796. The summed E-state index contributed by atoms with van der Waals surface area (Å²) in [5.74, 6) is 0.992. The number of amides is 1. The number of aromatic nitrogens is 4. The van der Waals surface area contributed by atoms with E-state index in [4.69, 9.17) is 4.74 Å². The number of nitrogens with zero attached hydrogens (tertiary/aromatic N) is 4.